The lowest BCUT2D eigenvalue weighted by atomic mass is 10.2. The van der Waals surface area contributed by atoms with Gasteiger partial charge in [-0.05, 0) is 36.8 Å². The van der Waals surface area contributed by atoms with Crippen LogP contribution in [0.3, 0.4) is 0 Å². The topological polar surface area (TPSA) is 70.6 Å². The number of nitrogens with zero attached hydrogens (tertiary/aromatic N) is 4. The molecule has 1 aliphatic heterocycles. The lowest BCUT2D eigenvalue weighted by molar-refractivity contribution is -0.138. The first-order chi connectivity index (χ1) is 15.2. The monoisotopic (exact) mass is 417 g/mol. The molecule has 0 aliphatic carbocycles. The van der Waals surface area contributed by atoms with E-state index in [1.54, 1.807) is 6.92 Å². The predicted molar refractivity (Wildman–Crippen MR) is 121 cm³/mol. The van der Waals surface area contributed by atoms with E-state index in [1.165, 1.54) is 5.56 Å². The third-order valence-electron chi connectivity index (χ3n) is 5.29. The van der Waals surface area contributed by atoms with Gasteiger partial charge in [-0.3, -0.25) is 4.79 Å². The summed E-state index contributed by atoms with van der Waals surface area (Å²) in [5.41, 5.74) is 1.19. The summed E-state index contributed by atoms with van der Waals surface area (Å²) < 4.78 is 5.77. The molecule has 31 heavy (non-hydrogen) atoms. The molecule has 7 nitrogen and oxygen atoms in total. The largest absolute Gasteiger partial charge is 0.481 e. The number of piperazine rings is 1. The maximum atomic E-state index is 12.7. The van der Waals surface area contributed by atoms with Gasteiger partial charge in [0, 0.05) is 32.7 Å². The molecule has 0 radical (unpaired) electrons. The van der Waals surface area contributed by atoms with E-state index in [1.807, 2.05) is 65.6 Å². The molecular weight excluding hydrogens is 390 g/mol. The lowest BCUT2D eigenvalue weighted by Crippen LogP contribution is -2.52. The van der Waals surface area contributed by atoms with Gasteiger partial charge in [0.05, 0.1) is 0 Å². The molecule has 1 aliphatic rings. The maximum absolute atomic E-state index is 12.7. The molecule has 3 aromatic rings. The molecule has 0 unspecified atom stereocenters. The van der Waals surface area contributed by atoms with Crippen molar-refractivity contribution >= 4 is 17.5 Å². The van der Waals surface area contributed by atoms with Crippen molar-refractivity contribution in [1.29, 1.82) is 0 Å². The fourth-order valence-electron chi connectivity index (χ4n) is 3.54. The Morgan fingerprint density at radius 2 is 1.61 bits per heavy atom. The fourth-order valence-corrected chi connectivity index (χ4v) is 3.54. The summed E-state index contributed by atoms with van der Waals surface area (Å²) in [6, 6.07) is 23.5. The SMILES string of the molecule is C[C@@H](Oc1ccccc1)C(=O)N1CCN(c2ccc(NCc3ccccc3)nn2)CC1. The van der Waals surface area contributed by atoms with Crippen LogP contribution < -0.4 is 15.0 Å². The molecule has 2 heterocycles. The van der Waals surface area contributed by atoms with E-state index < -0.39 is 6.10 Å². The molecule has 2 aromatic carbocycles. The van der Waals surface area contributed by atoms with Gasteiger partial charge in [0.2, 0.25) is 0 Å². The zero-order valence-corrected chi connectivity index (χ0v) is 17.6. The summed E-state index contributed by atoms with van der Waals surface area (Å²) in [6.45, 7) is 5.21. The summed E-state index contributed by atoms with van der Waals surface area (Å²) in [7, 11) is 0. The molecule has 0 saturated carbocycles. The number of hydrogen-bond donors (Lipinski definition) is 1. The summed E-state index contributed by atoms with van der Waals surface area (Å²) in [5, 5.41) is 11.9. The Morgan fingerprint density at radius 1 is 0.935 bits per heavy atom. The van der Waals surface area contributed by atoms with Crippen molar-refractivity contribution in [3.05, 3.63) is 78.4 Å². The number of benzene rings is 2. The van der Waals surface area contributed by atoms with Crippen molar-refractivity contribution in [3.8, 4) is 5.75 Å². The van der Waals surface area contributed by atoms with Gasteiger partial charge < -0.3 is 19.9 Å². The molecule has 7 heteroatoms. The van der Waals surface area contributed by atoms with Crippen LogP contribution in [0.4, 0.5) is 11.6 Å². The van der Waals surface area contributed by atoms with Crippen LogP contribution in [0.15, 0.2) is 72.8 Å². The van der Waals surface area contributed by atoms with Gasteiger partial charge in [0.15, 0.2) is 11.9 Å². The van der Waals surface area contributed by atoms with Crippen molar-refractivity contribution in [3.63, 3.8) is 0 Å². The van der Waals surface area contributed by atoms with Crippen molar-refractivity contribution in [2.24, 2.45) is 0 Å². The van der Waals surface area contributed by atoms with Crippen LogP contribution in [-0.4, -0.2) is 53.3 Å². The Morgan fingerprint density at radius 3 is 2.26 bits per heavy atom. The molecule has 0 spiro atoms. The van der Waals surface area contributed by atoms with Crippen LogP contribution in [-0.2, 0) is 11.3 Å². The molecule has 1 N–H and O–H groups in total. The third-order valence-corrected chi connectivity index (χ3v) is 5.29. The third kappa shape index (κ3) is 5.51. The van der Waals surface area contributed by atoms with E-state index in [2.05, 4.69) is 32.5 Å². The Kier molecular flexibility index (Phi) is 6.62. The van der Waals surface area contributed by atoms with Gasteiger partial charge in [0.25, 0.3) is 5.91 Å². The van der Waals surface area contributed by atoms with Gasteiger partial charge in [-0.2, -0.15) is 0 Å². The highest BCUT2D eigenvalue weighted by Crippen LogP contribution is 2.17. The van der Waals surface area contributed by atoms with Crippen LogP contribution in [0.5, 0.6) is 5.75 Å². The highest BCUT2D eigenvalue weighted by molar-refractivity contribution is 5.81. The van der Waals surface area contributed by atoms with Crippen LogP contribution in [0, 0.1) is 0 Å². The number of aromatic nitrogens is 2. The number of amides is 1. The van der Waals surface area contributed by atoms with Crippen molar-refractivity contribution < 1.29 is 9.53 Å². The van der Waals surface area contributed by atoms with Gasteiger partial charge in [-0.25, -0.2) is 0 Å². The molecule has 0 bridgehead atoms. The standard InChI is InChI=1S/C24H27N5O2/c1-19(31-21-10-6-3-7-11-21)24(30)29-16-14-28(15-17-29)23-13-12-22(26-27-23)25-18-20-8-4-2-5-9-20/h2-13,19H,14-18H2,1H3,(H,25,26)/t19-/m1/s1. The average molecular weight is 418 g/mol. The maximum Gasteiger partial charge on any atom is 0.263 e. The zero-order chi connectivity index (χ0) is 21.5. The fraction of sp³-hybridized carbons (Fsp3) is 0.292. The minimum absolute atomic E-state index is 0.00930. The molecule has 1 amide bonds. The quantitative estimate of drug-likeness (QED) is 0.637. The van der Waals surface area contributed by atoms with Gasteiger partial charge in [-0.15, -0.1) is 10.2 Å². The Labute approximate surface area is 182 Å². The van der Waals surface area contributed by atoms with Crippen molar-refractivity contribution in [2.75, 3.05) is 36.4 Å². The number of carbonyl (C=O) groups excluding carboxylic acids is 1. The van der Waals surface area contributed by atoms with E-state index in [0.29, 0.717) is 25.4 Å². The number of anilines is 2. The second-order valence-corrected chi connectivity index (χ2v) is 7.50. The minimum Gasteiger partial charge on any atom is -0.481 e. The smallest absolute Gasteiger partial charge is 0.263 e. The molecule has 160 valence electrons. The van der Waals surface area contributed by atoms with Gasteiger partial charge >= 0.3 is 0 Å². The molecule has 4 rings (SSSR count). The van der Waals surface area contributed by atoms with Crippen molar-refractivity contribution in [1.82, 2.24) is 15.1 Å². The average Bonchev–Trinajstić information content (AvgIpc) is 2.84. The molecule has 1 saturated heterocycles. The van der Waals surface area contributed by atoms with Crippen LogP contribution in [0.2, 0.25) is 0 Å². The molecule has 1 fully saturated rings. The number of hydrogen-bond acceptors (Lipinski definition) is 6. The van der Waals surface area contributed by atoms with E-state index in [-0.39, 0.29) is 5.91 Å². The molecular formula is C24H27N5O2. The Balaban J connectivity index is 1.26. The zero-order valence-electron chi connectivity index (χ0n) is 17.6. The molecule has 1 atom stereocenters. The van der Waals surface area contributed by atoms with Crippen LogP contribution in [0.1, 0.15) is 12.5 Å². The first kappa shape index (κ1) is 20.7. The van der Waals surface area contributed by atoms with E-state index >= 15 is 0 Å². The first-order valence-corrected chi connectivity index (χ1v) is 10.6. The van der Waals surface area contributed by atoms with Gasteiger partial charge in [0.1, 0.15) is 11.6 Å². The lowest BCUT2D eigenvalue weighted by Gasteiger charge is -2.36. The number of carbonyl (C=O) groups is 1. The number of nitrogens with one attached hydrogen (secondary N) is 1. The number of ether oxygens (including phenoxy) is 1. The summed E-state index contributed by atoms with van der Waals surface area (Å²) >= 11 is 0. The first-order valence-electron chi connectivity index (χ1n) is 10.6. The van der Waals surface area contributed by atoms with Crippen LogP contribution >= 0.6 is 0 Å². The van der Waals surface area contributed by atoms with Gasteiger partial charge in [-0.1, -0.05) is 48.5 Å². The summed E-state index contributed by atoms with van der Waals surface area (Å²) in [4.78, 5) is 16.7. The normalized spacial score (nSPS) is 14.7. The molecule has 1 aromatic heterocycles. The van der Waals surface area contributed by atoms with E-state index in [9.17, 15) is 4.79 Å². The second kappa shape index (κ2) is 9.93. The van der Waals surface area contributed by atoms with E-state index in [0.717, 1.165) is 24.7 Å². The summed E-state index contributed by atoms with van der Waals surface area (Å²) in [6.07, 6.45) is -0.510. The van der Waals surface area contributed by atoms with E-state index in [4.69, 9.17) is 4.74 Å². The second-order valence-electron chi connectivity index (χ2n) is 7.50. The van der Waals surface area contributed by atoms with Crippen LogP contribution in [0.25, 0.3) is 0 Å². The predicted octanol–water partition coefficient (Wildman–Crippen LogP) is 3.20. The minimum atomic E-state index is -0.510. The Bertz CT molecular complexity index is 958. The number of para-hydroxylation sites is 1. The number of rotatable bonds is 7. The highest BCUT2D eigenvalue weighted by Gasteiger charge is 2.26. The van der Waals surface area contributed by atoms with Crippen molar-refractivity contribution in [2.45, 2.75) is 19.6 Å². The summed E-state index contributed by atoms with van der Waals surface area (Å²) in [5.74, 6) is 2.28. The Hall–Kier alpha value is -3.61. The highest BCUT2D eigenvalue weighted by atomic mass is 16.5.